The van der Waals surface area contributed by atoms with Crippen molar-refractivity contribution in [3.05, 3.63) is 52.8 Å². The summed E-state index contributed by atoms with van der Waals surface area (Å²) in [4.78, 5) is 4.18. The van der Waals surface area contributed by atoms with Crippen LogP contribution in [0.3, 0.4) is 0 Å². The first-order valence-corrected chi connectivity index (χ1v) is 7.10. The second-order valence-corrected chi connectivity index (χ2v) is 5.20. The van der Waals surface area contributed by atoms with Crippen molar-refractivity contribution in [1.82, 2.24) is 20.0 Å². The fraction of sp³-hybridized carbons (Fsp3) is 0.143. The molecule has 0 N–H and O–H groups in total. The number of aryl methyl sites for hydroxylation is 1. The number of rotatable bonds is 4. The maximum atomic E-state index is 9.12. The highest BCUT2D eigenvalue weighted by molar-refractivity contribution is 7.12. The van der Waals surface area contributed by atoms with Gasteiger partial charge in [-0.3, -0.25) is 0 Å². The Morgan fingerprint density at radius 1 is 1.33 bits per heavy atom. The van der Waals surface area contributed by atoms with E-state index in [1.54, 1.807) is 6.20 Å². The van der Waals surface area contributed by atoms with Crippen LogP contribution in [-0.2, 0) is 6.61 Å². The molecule has 0 saturated heterocycles. The van der Waals surface area contributed by atoms with Crippen molar-refractivity contribution in [2.45, 2.75) is 13.5 Å². The molecule has 0 aliphatic rings. The van der Waals surface area contributed by atoms with Crippen molar-refractivity contribution in [3.8, 4) is 17.0 Å². The third-order valence-electron chi connectivity index (χ3n) is 2.87. The molecular formula is C14H11N5OS. The van der Waals surface area contributed by atoms with Crippen LogP contribution < -0.4 is 4.74 Å². The number of nitrogens with zero attached hydrogens (tertiary/aromatic N) is 5. The molecule has 0 saturated carbocycles. The maximum Gasteiger partial charge on any atom is 0.212 e. The summed E-state index contributed by atoms with van der Waals surface area (Å²) in [6.45, 7) is 2.22. The molecule has 3 aromatic rings. The van der Waals surface area contributed by atoms with E-state index < -0.39 is 0 Å². The number of ether oxygens (including phenoxy) is 1. The van der Waals surface area contributed by atoms with Crippen molar-refractivity contribution in [3.63, 3.8) is 0 Å². The minimum Gasteiger partial charge on any atom is -0.487 e. The van der Waals surface area contributed by atoms with Crippen molar-refractivity contribution in [1.29, 1.82) is 5.26 Å². The lowest BCUT2D eigenvalue weighted by Crippen LogP contribution is -2.06. The van der Waals surface area contributed by atoms with Gasteiger partial charge in [0.1, 0.15) is 24.1 Å². The van der Waals surface area contributed by atoms with E-state index >= 15 is 0 Å². The molecule has 0 radical (unpaired) electrons. The maximum absolute atomic E-state index is 9.12. The van der Waals surface area contributed by atoms with Crippen LogP contribution in [0, 0.1) is 18.3 Å². The number of hydrogen-bond acceptors (Lipinski definition) is 6. The molecule has 0 unspecified atom stereocenters. The third kappa shape index (κ3) is 2.75. The Labute approximate surface area is 125 Å². The monoisotopic (exact) mass is 297 g/mol. The molecule has 2 heterocycles. The Morgan fingerprint density at radius 2 is 2.14 bits per heavy atom. The Balaban J connectivity index is 1.86. The summed E-state index contributed by atoms with van der Waals surface area (Å²) in [6, 6.07) is 9.74. The van der Waals surface area contributed by atoms with E-state index in [2.05, 4.69) is 15.3 Å². The van der Waals surface area contributed by atoms with Gasteiger partial charge in [-0.25, -0.2) is 4.98 Å². The number of nitriles is 1. The summed E-state index contributed by atoms with van der Waals surface area (Å²) in [5.74, 6) is 0.733. The first kappa shape index (κ1) is 13.3. The zero-order chi connectivity index (χ0) is 14.7. The van der Waals surface area contributed by atoms with Gasteiger partial charge in [-0.1, -0.05) is 22.9 Å². The highest BCUT2D eigenvalue weighted by Gasteiger charge is 2.16. The Kier molecular flexibility index (Phi) is 3.62. The predicted octanol–water partition coefficient (Wildman–Crippen LogP) is 2.48. The molecule has 0 aliphatic heterocycles. The van der Waals surface area contributed by atoms with Gasteiger partial charge in [0, 0.05) is 11.6 Å². The number of thiazole rings is 1. The molecule has 21 heavy (non-hydrogen) atoms. The molecule has 6 nitrogen and oxygen atoms in total. The molecule has 0 aliphatic carbocycles. The second-order valence-electron chi connectivity index (χ2n) is 4.32. The highest BCUT2D eigenvalue weighted by Crippen LogP contribution is 2.18. The minimum absolute atomic E-state index is 0.207. The minimum atomic E-state index is 0.207. The van der Waals surface area contributed by atoms with Crippen LogP contribution in [0.15, 0.2) is 35.8 Å². The van der Waals surface area contributed by atoms with Crippen molar-refractivity contribution >= 4 is 11.3 Å². The molecule has 0 fully saturated rings. The van der Waals surface area contributed by atoms with Crippen LogP contribution in [0.4, 0.5) is 0 Å². The topological polar surface area (TPSA) is 76.6 Å². The van der Waals surface area contributed by atoms with Crippen LogP contribution in [0.25, 0.3) is 5.13 Å². The third-order valence-corrected chi connectivity index (χ3v) is 3.61. The van der Waals surface area contributed by atoms with Crippen LogP contribution in [0.5, 0.6) is 5.75 Å². The van der Waals surface area contributed by atoms with Crippen LogP contribution in [0.1, 0.15) is 17.0 Å². The predicted molar refractivity (Wildman–Crippen MR) is 77.3 cm³/mol. The van der Waals surface area contributed by atoms with Gasteiger partial charge in [0.2, 0.25) is 5.13 Å². The number of hydrogen-bond donors (Lipinski definition) is 0. The molecule has 0 amide bonds. The van der Waals surface area contributed by atoms with Gasteiger partial charge in [-0.2, -0.15) is 9.94 Å². The summed E-state index contributed by atoms with van der Waals surface area (Å²) in [7, 11) is 0. The fourth-order valence-corrected chi connectivity index (χ4v) is 2.39. The standard InChI is InChI=1S/C14H11N5OS/c1-10-2-4-11(5-3-10)20-9-13-12(8-15)17-18-19(13)14-16-6-7-21-14/h2-7H,9H2,1H3. The van der Waals surface area contributed by atoms with Gasteiger partial charge in [-0.05, 0) is 19.1 Å². The first-order chi connectivity index (χ1) is 10.3. The quantitative estimate of drug-likeness (QED) is 0.739. The number of benzene rings is 1. The Hall–Kier alpha value is -2.72. The molecule has 0 spiro atoms. The van der Waals surface area contributed by atoms with Crippen molar-refractivity contribution < 1.29 is 4.74 Å². The van der Waals surface area contributed by atoms with E-state index in [0.29, 0.717) is 10.8 Å². The largest absolute Gasteiger partial charge is 0.487 e. The van der Waals surface area contributed by atoms with Gasteiger partial charge in [0.25, 0.3) is 0 Å². The van der Waals surface area contributed by atoms with E-state index in [-0.39, 0.29) is 12.3 Å². The molecule has 3 rings (SSSR count). The fourth-order valence-electron chi connectivity index (χ4n) is 1.78. The normalized spacial score (nSPS) is 10.3. The van der Waals surface area contributed by atoms with Crippen molar-refractivity contribution in [2.24, 2.45) is 0 Å². The lowest BCUT2D eigenvalue weighted by molar-refractivity contribution is 0.297. The molecule has 0 bridgehead atoms. The summed E-state index contributed by atoms with van der Waals surface area (Å²) in [5, 5.41) is 19.4. The molecule has 2 aromatic heterocycles. The molecule has 7 heteroatoms. The van der Waals surface area contributed by atoms with Crippen molar-refractivity contribution in [2.75, 3.05) is 0 Å². The van der Waals surface area contributed by atoms with Gasteiger partial charge < -0.3 is 4.74 Å². The highest BCUT2D eigenvalue weighted by atomic mass is 32.1. The van der Waals surface area contributed by atoms with Gasteiger partial charge >= 0.3 is 0 Å². The zero-order valence-electron chi connectivity index (χ0n) is 11.2. The first-order valence-electron chi connectivity index (χ1n) is 6.22. The Bertz CT molecular complexity index is 771. The molecule has 104 valence electrons. The smallest absolute Gasteiger partial charge is 0.212 e. The summed E-state index contributed by atoms with van der Waals surface area (Å²) in [6.07, 6.45) is 1.68. The van der Waals surface area contributed by atoms with E-state index in [9.17, 15) is 0 Å². The van der Waals surface area contributed by atoms with Gasteiger partial charge in [-0.15, -0.1) is 16.4 Å². The van der Waals surface area contributed by atoms with E-state index in [4.69, 9.17) is 10.00 Å². The van der Waals surface area contributed by atoms with E-state index in [1.807, 2.05) is 42.6 Å². The average molecular weight is 297 g/mol. The Morgan fingerprint density at radius 3 is 2.81 bits per heavy atom. The lowest BCUT2D eigenvalue weighted by atomic mass is 10.2. The molecule has 1 aromatic carbocycles. The van der Waals surface area contributed by atoms with E-state index in [0.717, 1.165) is 11.3 Å². The van der Waals surface area contributed by atoms with E-state index in [1.165, 1.54) is 16.0 Å². The lowest BCUT2D eigenvalue weighted by Gasteiger charge is -2.07. The average Bonchev–Trinajstić information content (AvgIpc) is 3.15. The summed E-state index contributed by atoms with van der Waals surface area (Å²) >= 11 is 1.42. The second kappa shape index (κ2) is 5.73. The van der Waals surface area contributed by atoms with Crippen LogP contribution >= 0.6 is 11.3 Å². The number of aromatic nitrogens is 4. The van der Waals surface area contributed by atoms with Crippen LogP contribution in [0.2, 0.25) is 0 Å². The van der Waals surface area contributed by atoms with Gasteiger partial charge in [0.15, 0.2) is 5.69 Å². The molecule has 0 atom stereocenters. The van der Waals surface area contributed by atoms with Crippen LogP contribution in [-0.4, -0.2) is 20.0 Å². The van der Waals surface area contributed by atoms with Gasteiger partial charge in [0.05, 0.1) is 0 Å². The molecular weight excluding hydrogens is 286 g/mol. The summed E-state index contributed by atoms with van der Waals surface area (Å²) < 4.78 is 7.25. The SMILES string of the molecule is Cc1ccc(OCc2c(C#N)nnn2-c2nccs2)cc1. The zero-order valence-corrected chi connectivity index (χ0v) is 12.0. The summed E-state index contributed by atoms with van der Waals surface area (Å²) in [5.41, 5.74) is 2.00.